The van der Waals surface area contributed by atoms with Crippen molar-refractivity contribution in [1.29, 1.82) is 0 Å². The molecule has 0 saturated heterocycles. The highest BCUT2D eigenvalue weighted by molar-refractivity contribution is 5.99. The van der Waals surface area contributed by atoms with Gasteiger partial charge in [-0.1, -0.05) is 6.07 Å². The van der Waals surface area contributed by atoms with Crippen LogP contribution in [0, 0.1) is 5.82 Å². The minimum atomic E-state index is -4.63. The van der Waals surface area contributed by atoms with Gasteiger partial charge in [-0.25, -0.2) is 9.37 Å². The maximum absolute atomic E-state index is 14.7. The molecule has 3 aromatic rings. The minimum absolute atomic E-state index is 0.0528. The number of hydrogen-bond donors (Lipinski definition) is 1. The van der Waals surface area contributed by atoms with E-state index in [2.05, 4.69) is 15.3 Å². The first kappa shape index (κ1) is 22.5. The summed E-state index contributed by atoms with van der Waals surface area (Å²) in [4.78, 5) is 21.7. The van der Waals surface area contributed by atoms with Crippen LogP contribution >= 0.6 is 0 Å². The minimum Gasteiger partial charge on any atom is -0.454 e. The number of anilines is 1. The number of halogens is 4. The predicted molar refractivity (Wildman–Crippen MR) is 112 cm³/mol. The molecule has 1 atom stereocenters. The summed E-state index contributed by atoms with van der Waals surface area (Å²) < 4.78 is 58.5. The van der Waals surface area contributed by atoms with Gasteiger partial charge in [0, 0.05) is 36.1 Å². The normalized spacial score (nSPS) is 14.2. The number of benzene rings is 1. The Labute approximate surface area is 187 Å². The number of nitrogens with one attached hydrogen (secondary N) is 1. The van der Waals surface area contributed by atoms with Gasteiger partial charge in [-0.2, -0.15) is 13.2 Å². The molecule has 0 fully saturated rings. The van der Waals surface area contributed by atoms with Crippen molar-refractivity contribution < 1.29 is 27.1 Å². The molecule has 0 bridgehead atoms. The number of ether oxygens (including phenoxy) is 1. The van der Waals surface area contributed by atoms with Crippen LogP contribution in [0.15, 0.2) is 48.8 Å². The van der Waals surface area contributed by atoms with Crippen molar-refractivity contribution in [1.82, 2.24) is 14.9 Å². The lowest BCUT2D eigenvalue weighted by Gasteiger charge is -2.18. The van der Waals surface area contributed by atoms with E-state index in [0.29, 0.717) is 36.1 Å². The number of alkyl halides is 3. The SMILES string of the molecule is CCN1Cc2c(ccnc2NC(C)c2ccc(Oc3ccnc(C(F)(F)F)c3)c(F)c2)C1=O. The van der Waals surface area contributed by atoms with Crippen LogP contribution in [0.4, 0.5) is 23.4 Å². The monoisotopic (exact) mass is 460 g/mol. The highest BCUT2D eigenvalue weighted by Gasteiger charge is 2.33. The molecule has 0 saturated carbocycles. The molecule has 33 heavy (non-hydrogen) atoms. The second-order valence-corrected chi connectivity index (χ2v) is 7.54. The van der Waals surface area contributed by atoms with Gasteiger partial charge in [-0.3, -0.25) is 9.78 Å². The van der Waals surface area contributed by atoms with E-state index in [-0.39, 0.29) is 23.4 Å². The summed E-state index contributed by atoms with van der Waals surface area (Å²) in [6, 6.07) is 7.44. The van der Waals surface area contributed by atoms with Gasteiger partial charge in [0.15, 0.2) is 11.6 Å². The van der Waals surface area contributed by atoms with E-state index in [9.17, 15) is 22.4 Å². The lowest BCUT2D eigenvalue weighted by Crippen LogP contribution is -2.22. The van der Waals surface area contributed by atoms with E-state index in [4.69, 9.17) is 4.74 Å². The summed E-state index contributed by atoms with van der Waals surface area (Å²) >= 11 is 0. The largest absolute Gasteiger partial charge is 0.454 e. The van der Waals surface area contributed by atoms with Crippen LogP contribution in [0.2, 0.25) is 0 Å². The third-order valence-electron chi connectivity index (χ3n) is 5.36. The molecule has 0 spiro atoms. The van der Waals surface area contributed by atoms with E-state index in [1.54, 1.807) is 23.2 Å². The van der Waals surface area contributed by atoms with Crippen molar-refractivity contribution >= 4 is 11.7 Å². The second kappa shape index (κ2) is 8.68. The number of amides is 1. The molecule has 0 radical (unpaired) electrons. The molecule has 172 valence electrons. The molecule has 10 heteroatoms. The van der Waals surface area contributed by atoms with E-state index in [1.165, 1.54) is 18.2 Å². The van der Waals surface area contributed by atoms with Crippen molar-refractivity contribution in [2.75, 3.05) is 11.9 Å². The fourth-order valence-corrected chi connectivity index (χ4v) is 3.58. The Morgan fingerprint density at radius 2 is 1.91 bits per heavy atom. The van der Waals surface area contributed by atoms with E-state index in [0.717, 1.165) is 11.8 Å². The molecule has 3 heterocycles. The first-order valence-electron chi connectivity index (χ1n) is 10.2. The maximum Gasteiger partial charge on any atom is 0.433 e. The van der Waals surface area contributed by atoms with Crippen LogP contribution in [0.25, 0.3) is 0 Å². The topological polar surface area (TPSA) is 67.3 Å². The van der Waals surface area contributed by atoms with Gasteiger partial charge in [0.1, 0.15) is 17.3 Å². The molecule has 6 nitrogen and oxygen atoms in total. The maximum atomic E-state index is 14.7. The summed E-state index contributed by atoms with van der Waals surface area (Å²) in [6.45, 7) is 4.73. The highest BCUT2D eigenvalue weighted by Crippen LogP contribution is 2.33. The summed E-state index contributed by atoms with van der Waals surface area (Å²) in [6.07, 6.45) is -2.13. The summed E-state index contributed by atoms with van der Waals surface area (Å²) in [5.74, 6) is -0.632. The predicted octanol–water partition coefficient (Wildman–Crippen LogP) is 5.58. The molecule has 1 N–H and O–H groups in total. The zero-order valence-corrected chi connectivity index (χ0v) is 17.8. The number of nitrogens with zero attached hydrogens (tertiary/aromatic N) is 3. The standard InChI is InChI=1S/C23H20F4N4O2/c1-3-31-12-17-16(22(31)32)7-9-29-21(17)30-13(2)14-4-5-19(18(24)10-14)33-15-6-8-28-20(11-15)23(25,26)27/h4-11,13H,3,12H2,1-2H3,(H,29,30). The number of carbonyl (C=O) groups excluding carboxylic acids is 1. The lowest BCUT2D eigenvalue weighted by molar-refractivity contribution is -0.141. The molecular formula is C23H20F4N4O2. The Morgan fingerprint density at radius 1 is 1.15 bits per heavy atom. The molecule has 0 aliphatic carbocycles. The summed E-state index contributed by atoms with van der Waals surface area (Å²) in [5.41, 5.74) is 0.821. The number of hydrogen-bond acceptors (Lipinski definition) is 5. The first-order chi connectivity index (χ1) is 15.7. The third-order valence-corrected chi connectivity index (χ3v) is 5.36. The summed E-state index contributed by atoms with van der Waals surface area (Å²) in [5, 5.41) is 3.21. The smallest absolute Gasteiger partial charge is 0.433 e. The fourth-order valence-electron chi connectivity index (χ4n) is 3.58. The number of rotatable bonds is 6. The van der Waals surface area contributed by atoms with E-state index < -0.39 is 17.7 Å². The molecular weight excluding hydrogens is 440 g/mol. The van der Waals surface area contributed by atoms with Gasteiger partial charge in [0.05, 0.1) is 12.6 Å². The number of pyridine rings is 2. The quantitative estimate of drug-likeness (QED) is 0.487. The van der Waals surface area contributed by atoms with Gasteiger partial charge in [0.25, 0.3) is 5.91 Å². The Kier molecular flexibility index (Phi) is 5.92. The number of aromatic nitrogens is 2. The van der Waals surface area contributed by atoms with Gasteiger partial charge in [0.2, 0.25) is 0 Å². The zero-order chi connectivity index (χ0) is 23.8. The molecule has 1 amide bonds. The average Bonchev–Trinajstić information content (AvgIpc) is 3.11. The van der Waals surface area contributed by atoms with Crippen molar-refractivity contribution in [2.24, 2.45) is 0 Å². The fraction of sp³-hybridized carbons (Fsp3) is 0.261. The number of fused-ring (bicyclic) bond motifs is 1. The average molecular weight is 460 g/mol. The van der Waals surface area contributed by atoms with Crippen LogP contribution < -0.4 is 10.1 Å². The van der Waals surface area contributed by atoms with Crippen molar-refractivity contribution in [3.05, 3.63) is 77.0 Å². The Bertz CT molecular complexity index is 1200. The molecule has 2 aromatic heterocycles. The second-order valence-electron chi connectivity index (χ2n) is 7.54. The molecule has 1 aliphatic rings. The Hall–Kier alpha value is -3.69. The Balaban J connectivity index is 1.51. The number of carbonyl (C=O) groups is 1. The van der Waals surface area contributed by atoms with Gasteiger partial charge in [-0.15, -0.1) is 0 Å². The van der Waals surface area contributed by atoms with Crippen molar-refractivity contribution in [3.63, 3.8) is 0 Å². The molecule has 1 aromatic carbocycles. The summed E-state index contributed by atoms with van der Waals surface area (Å²) in [7, 11) is 0. The highest BCUT2D eigenvalue weighted by atomic mass is 19.4. The van der Waals surface area contributed by atoms with Crippen molar-refractivity contribution in [3.8, 4) is 11.5 Å². The molecule has 1 unspecified atom stereocenters. The van der Waals surface area contributed by atoms with E-state index >= 15 is 0 Å². The van der Waals surface area contributed by atoms with Crippen LogP contribution in [-0.4, -0.2) is 27.3 Å². The third kappa shape index (κ3) is 4.59. The van der Waals surface area contributed by atoms with Crippen LogP contribution in [-0.2, 0) is 12.7 Å². The first-order valence-corrected chi connectivity index (χ1v) is 10.2. The van der Waals surface area contributed by atoms with Crippen LogP contribution in [0.3, 0.4) is 0 Å². The van der Waals surface area contributed by atoms with Gasteiger partial charge in [-0.05, 0) is 43.7 Å². The van der Waals surface area contributed by atoms with Crippen LogP contribution in [0.1, 0.15) is 47.1 Å². The molecule has 1 aliphatic heterocycles. The lowest BCUT2D eigenvalue weighted by atomic mass is 10.1. The molecule has 4 rings (SSSR count). The zero-order valence-electron chi connectivity index (χ0n) is 17.8. The van der Waals surface area contributed by atoms with Crippen molar-refractivity contribution in [2.45, 2.75) is 32.6 Å². The van der Waals surface area contributed by atoms with Gasteiger partial charge < -0.3 is 15.0 Å². The van der Waals surface area contributed by atoms with Gasteiger partial charge >= 0.3 is 6.18 Å². The van der Waals surface area contributed by atoms with Crippen LogP contribution in [0.5, 0.6) is 11.5 Å². The Morgan fingerprint density at radius 3 is 2.61 bits per heavy atom. The van der Waals surface area contributed by atoms with E-state index in [1.807, 2.05) is 13.8 Å².